The van der Waals surface area contributed by atoms with E-state index in [-0.39, 0.29) is 12.0 Å². The Bertz CT molecular complexity index is 271. The van der Waals surface area contributed by atoms with Crippen molar-refractivity contribution < 1.29 is 9.53 Å². The van der Waals surface area contributed by atoms with Crippen LogP contribution in [-0.2, 0) is 4.74 Å². The first kappa shape index (κ1) is 14.8. The summed E-state index contributed by atoms with van der Waals surface area (Å²) in [5.74, 6) is 3.05. The van der Waals surface area contributed by atoms with Crippen LogP contribution in [0.4, 0.5) is 4.79 Å². The van der Waals surface area contributed by atoms with E-state index in [4.69, 9.17) is 11.2 Å². The summed E-state index contributed by atoms with van der Waals surface area (Å²) in [7, 11) is 0. The van der Waals surface area contributed by atoms with Crippen molar-refractivity contribution in [2.24, 2.45) is 11.8 Å². The smallest absolute Gasteiger partial charge is 0.407 e. The molecule has 1 N–H and O–H groups in total. The molecule has 0 unspecified atom stereocenters. The number of alkyl carbamates (subject to hydrolysis) is 1. The highest BCUT2D eigenvalue weighted by Crippen LogP contribution is 2.15. The first-order valence-electron chi connectivity index (χ1n) is 5.63. The van der Waals surface area contributed by atoms with E-state index in [0.717, 1.165) is 0 Å². The van der Waals surface area contributed by atoms with Gasteiger partial charge in [0.2, 0.25) is 0 Å². The molecular weight excluding hydrogens is 202 g/mol. The van der Waals surface area contributed by atoms with Crippen molar-refractivity contribution in [2.45, 2.75) is 53.2 Å². The van der Waals surface area contributed by atoms with Crippen molar-refractivity contribution in [2.75, 3.05) is 0 Å². The quantitative estimate of drug-likeness (QED) is 0.750. The molecule has 0 saturated carbocycles. The van der Waals surface area contributed by atoms with Gasteiger partial charge in [-0.1, -0.05) is 13.8 Å². The number of amides is 1. The van der Waals surface area contributed by atoms with Gasteiger partial charge in [-0.3, -0.25) is 0 Å². The highest BCUT2D eigenvalue weighted by Gasteiger charge is 2.23. The average molecular weight is 225 g/mol. The summed E-state index contributed by atoms with van der Waals surface area (Å²) in [6.45, 7) is 11.5. The number of ether oxygens (including phenoxy) is 1. The maximum absolute atomic E-state index is 11.5. The van der Waals surface area contributed by atoms with Crippen molar-refractivity contribution in [3.8, 4) is 12.3 Å². The topological polar surface area (TPSA) is 38.3 Å². The Balaban J connectivity index is 4.30. The molecule has 0 aliphatic heterocycles. The molecule has 16 heavy (non-hydrogen) atoms. The van der Waals surface area contributed by atoms with Crippen molar-refractivity contribution in [3.05, 3.63) is 0 Å². The van der Waals surface area contributed by atoms with E-state index in [1.54, 1.807) is 0 Å². The molecule has 0 aromatic rings. The van der Waals surface area contributed by atoms with Crippen LogP contribution >= 0.6 is 0 Å². The van der Waals surface area contributed by atoms with Gasteiger partial charge in [0.05, 0.1) is 0 Å². The lowest BCUT2D eigenvalue weighted by molar-refractivity contribution is 0.0494. The SMILES string of the molecule is C#C[C@H](C(C)C)[C@@H](C)NC(=O)OC(C)(C)C. The van der Waals surface area contributed by atoms with Gasteiger partial charge in [-0.2, -0.15) is 0 Å². The van der Waals surface area contributed by atoms with Crippen LogP contribution in [0.3, 0.4) is 0 Å². The zero-order chi connectivity index (χ0) is 12.9. The fourth-order valence-electron chi connectivity index (χ4n) is 1.50. The molecule has 0 rings (SSSR count). The van der Waals surface area contributed by atoms with E-state index in [0.29, 0.717) is 5.92 Å². The van der Waals surface area contributed by atoms with Crippen LogP contribution in [0.5, 0.6) is 0 Å². The van der Waals surface area contributed by atoms with Gasteiger partial charge in [0.25, 0.3) is 0 Å². The van der Waals surface area contributed by atoms with Gasteiger partial charge in [0.15, 0.2) is 0 Å². The molecular formula is C13H23NO2. The Kier molecular flexibility index (Phi) is 5.37. The van der Waals surface area contributed by atoms with E-state index >= 15 is 0 Å². The zero-order valence-electron chi connectivity index (χ0n) is 11.1. The number of rotatable bonds is 3. The maximum Gasteiger partial charge on any atom is 0.407 e. The third-order valence-electron chi connectivity index (χ3n) is 2.19. The summed E-state index contributed by atoms with van der Waals surface area (Å²) in [4.78, 5) is 11.5. The largest absolute Gasteiger partial charge is 0.444 e. The molecule has 2 atom stereocenters. The number of hydrogen-bond donors (Lipinski definition) is 1. The second-order valence-corrected chi connectivity index (χ2v) is 5.37. The van der Waals surface area contributed by atoms with Crippen molar-refractivity contribution >= 4 is 6.09 Å². The average Bonchev–Trinajstić information content (AvgIpc) is 1.99. The Morgan fingerprint density at radius 2 is 1.81 bits per heavy atom. The molecule has 0 saturated heterocycles. The van der Waals surface area contributed by atoms with Gasteiger partial charge in [-0.05, 0) is 33.6 Å². The van der Waals surface area contributed by atoms with Gasteiger partial charge < -0.3 is 10.1 Å². The minimum Gasteiger partial charge on any atom is -0.444 e. The van der Waals surface area contributed by atoms with Crippen molar-refractivity contribution in [1.29, 1.82) is 0 Å². The molecule has 0 fully saturated rings. The van der Waals surface area contributed by atoms with Crippen LogP contribution in [0, 0.1) is 24.2 Å². The Morgan fingerprint density at radius 1 is 1.31 bits per heavy atom. The Morgan fingerprint density at radius 3 is 2.12 bits per heavy atom. The third kappa shape index (κ3) is 5.65. The molecule has 0 aliphatic carbocycles. The Labute approximate surface area is 98.9 Å². The molecule has 0 spiro atoms. The predicted octanol–water partition coefficient (Wildman–Crippen LogP) is 2.81. The second kappa shape index (κ2) is 5.79. The highest BCUT2D eigenvalue weighted by molar-refractivity contribution is 5.68. The summed E-state index contributed by atoms with van der Waals surface area (Å²) in [6.07, 6.45) is 5.02. The number of carbonyl (C=O) groups excluding carboxylic acids is 1. The summed E-state index contributed by atoms with van der Waals surface area (Å²) in [5.41, 5.74) is -0.479. The van der Waals surface area contributed by atoms with Gasteiger partial charge >= 0.3 is 6.09 Å². The van der Waals surface area contributed by atoms with Gasteiger partial charge in [-0.25, -0.2) is 4.79 Å². The number of carbonyl (C=O) groups is 1. The van der Waals surface area contributed by atoms with E-state index < -0.39 is 11.7 Å². The zero-order valence-corrected chi connectivity index (χ0v) is 11.1. The first-order chi connectivity index (χ1) is 7.17. The van der Waals surface area contributed by atoms with Crippen LogP contribution in [0.25, 0.3) is 0 Å². The van der Waals surface area contributed by atoms with E-state index in [9.17, 15) is 4.79 Å². The normalized spacial score (nSPS) is 15.1. The molecule has 1 amide bonds. The van der Waals surface area contributed by atoms with Crippen molar-refractivity contribution in [3.63, 3.8) is 0 Å². The fourth-order valence-corrected chi connectivity index (χ4v) is 1.50. The summed E-state index contributed by atoms with van der Waals surface area (Å²) < 4.78 is 5.16. The van der Waals surface area contributed by atoms with Gasteiger partial charge in [0.1, 0.15) is 5.60 Å². The third-order valence-corrected chi connectivity index (χ3v) is 2.19. The molecule has 0 aromatic heterocycles. The summed E-state index contributed by atoms with van der Waals surface area (Å²) >= 11 is 0. The molecule has 92 valence electrons. The van der Waals surface area contributed by atoms with E-state index in [1.807, 2.05) is 41.5 Å². The van der Waals surface area contributed by atoms with E-state index in [1.165, 1.54) is 0 Å². The lowest BCUT2D eigenvalue weighted by atomic mass is 9.90. The molecule has 0 radical (unpaired) electrons. The van der Waals surface area contributed by atoms with Crippen LogP contribution in [0.2, 0.25) is 0 Å². The van der Waals surface area contributed by atoms with Crippen LogP contribution < -0.4 is 5.32 Å². The number of nitrogens with one attached hydrogen (secondary N) is 1. The van der Waals surface area contributed by atoms with Gasteiger partial charge in [0, 0.05) is 12.0 Å². The molecule has 0 aromatic carbocycles. The van der Waals surface area contributed by atoms with Gasteiger partial charge in [-0.15, -0.1) is 12.3 Å². The van der Waals surface area contributed by atoms with Crippen LogP contribution in [0.15, 0.2) is 0 Å². The second-order valence-electron chi connectivity index (χ2n) is 5.37. The monoisotopic (exact) mass is 225 g/mol. The molecule has 3 heteroatoms. The minimum atomic E-state index is -0.479. The summed E-state index contributed by atoms with van der Waals surface area (Å²) in [5, 5.41) is 2.77. The molecule has 0 bridgehead atoms. The van der Waals surface area contributed by atoms with Crippen molar-refractivity contribution in [1.82, 2.24) is 5.32 Å². The molecule has 3 nitrogen and oxygen atoms in total. The summed E-state index contributed by atoms with van der Waals surface area (Å²) in [6, 6.07) is -0.0835. The lowest BCUT2D eigenvalue weighted by Crippen LogP contribution is -2.42. The van der Waals surface area contributed by atoms with Crippen LogP contribution in [-0.4, -0.2) is 17.7 Å². The lowest BCUT2D eigenvalue weighted by Gasteiger charge is -2.26. The predicted molar refractivity (Wildman–Crippen MR) is 66.0 cm³/mol. The number of hydrogen-bond acceptors (Lipinski definition) is 2. The molecule has 0 aliphatic rings. The number of terminal acetylenes is 1. The first-order valence-corrected chi connectivity index (χ1v) is 5.63. The minimum absolute atomic E-state index is 0.0209. The molecule has 0 heterocycles. The Hall–Kier alpha value is -1.17. The highest BCUT2D eigenvalue weighted by atomic mass is 16.6. The standard InChI is InChI=1S/C13H23NO2/c1-8-11(9(2)3)10(4)14-12(15)16-13(5,6)7/h1,9-11H,2-7H3,(H,14,15)/t10-,11-/m1/s1. The maximum atomic E-state index is 11.5. The van der Waals surface area contributed by atoms with E-state index in [2.05, 4.69) is 11.2 Å². The van der Waals surface area contributed by atoms with Crippen LogP contribution in [0.1, 0.15) is 41.5 Å². The fraction of sp³-hybridized carbons (Fsp3) is 0.769.